The molecule has 0 amide bonds. The minimum atomic E-state index is -2.91. The van der Waals surface area contributed by atoms with Crippen molar-refractivity contribution in [1.29, 1.82) is 0 Å². The maximum atomic E-state index is 9.83. The normalized spacial score (nSPS) is 11.7. The first-order chi connectivity index (χ1) is 9.02. The standard InChI is InChI=1S/C14H33O2PS2.Ba.2H/c1-3-5-7-9-11-13-19(17(15,16)18)14-12-10-8-6-4-2;;;/h15-16,18H,3-14H2,1-2H3;;;/q;+2;2*-1. The summed E-state index contributed by atoms with van der Waals surface area (Å²) in [6.07, 6.45) is 12.4. The van der Waals surface area contributed by atoms with Crippen molar-refractivity contribution >= 4 is 76.9 Å². The zero-order chi connectivity index (χ0) is 14.6. The first-order valence-corrected chi connectivity index (χ1v) is 12.8. The van der Waals surface area contributed by atoms with Crippen LogP contribution in [0, 0.1) is 0 Å². The molecule has 0 aromatic rings. The van der Waals surface area contributed by atoms with E-state index >= 15 is 0 Å². The first kappa shape index (κ1) is 24.9. The molecule has 0 bridgehead atoms. The van der Waals surface area contributed by atoms with Crippen LogP contribution in [0.1, 0.15) is 80.9 Å². The van der Waals surface area contributed by atoms with Crippen molar-refractivity contribution in [3.63, 3.8) is 0 Å². The summed E-state index contributed by atoms with van der Waals surface area (Å²) in [6, 6.07) is 0. The number of hydrogen-bond donors (Lipinski definition) is 3. The SMILES string of the molecule is CCCCCCCS(CCCCCCC)=P(O)(O)S.[Ba+2].[H-].[H-]. The average Bonchev–Trinajstić information content (AvgIpc) is 2.34. The minimum Gasteiger partial charge on any atom is -1.00 e. The summed E-state index contributed by atoms with van der Waals surface area (Å²) in [5, 5.41) is 0. The van der Waals surface area contributed by atoms with Crippen molar-refractivity contribution in [2.24, 2.45) is 0 Å². The van der Waals surface area contributed by atoms with Crippen molar-refractivity contribution < 1.29 is 12.6 Å². The van der Waals surface area contributed by atoms with Crippen LogP contribution >= 0.6 is 17.9 Å². The summed E-state index contributed by atoms with van der Waals surface area (Å²) < 4.78 is 0. The van der Waals surface area contributed by atoms with Gasteiger partial charge in [0.1, 0.15) is 0 Å². The zero-order valence-electron chi connectivity index (χ0n) is 15.4. The van der Waals surface area contributed by atoms with Crippen LogP contribution in [0.5, 0.6) is 0 Å². The van der Waals surface area contributed by atoms with Gasteiger partial charge in [0.25, 0.3) is 0 Å². The maximum absolute atomic E-state index is 9.83. The van der Waals surface area contributed by atoms with Gasteiger partial charge in [-0.1, -0.05) is 77.5 Å². The second-order valence-electron chi connectivity index (χ2n) is 5.21. The van der Waals surface area contributed by atoms with Crippen molar-refractivity contribution in [3.05, 3.63) is 0 Å². The molecule has 20 heavy (non-hydrogen) atoms. The van der Waals surface area contributed by atoms with E-state index in [0.717, 1.165) is 24.3 Å². The van der Waals surface area contributed by atoms with Gasteiger partial charge in [0.2, 0.25) is 0 Å². The number of unbranched alkanes of at least 4 members (excludes halogenated alkanes) is 8. The fourth-order valence-corrected chi connectivity index (χ4v) is 7.57. The molecule has 0 fully saturated rings. The Morgan fingerprint density at radius 1 is 0.800 bits per heavy atom. The molecule has 6 heteroatoms. The molecule has 0 saturated carbocycles. The van der Waals surface area contributed by atoms with E-state index in [0.29, 0.717) is 0 Å². The van der Waals surface area contributed by atoms with E-state index in [2.05, 4.69) is 26.1 Å². The van der Waals surface area contributed by atoms with Crippen LogP contribution in [-0.2, 0) is 10.1 Å². The molecule has 2 N–H and O–H groups in total. The molecule has 0 heterocycles. The summed E-state index contributed by atoms with van der Waals surface area (Å²) in [6.45, 7) is 4.43. The molecule has 0 spiro atoms. The summed E-state index contributed by atoms with van der Waals surface area (Å²) in [5.41, 5.74) is -2.91. The molecule has 0 aliphatic carbocycles. The van der Waals surface area contributed by atoms with E-state index in [4.69, 9.17) is 0 Å². The van der Waals surface area contributed by atoms with Gasteiger partial charge in [-0.05, 0) is 24.3 Å². The molecule has 0 saturated heterocycles. The van der Waals surface area contributed by atoms with E-state index in [1.54, 1.807) is 0 Å². The number of rotatable bonds is 12. The van der Waals surface area contributed by atoms with Gasteiger partial charge in [0.15, 0.2) is 5.69 Å². The Balaban J connectivity index is -0.000000540. The molecule has 0 unspecified atom stereocenters. The van der Waals surface area contributed by atoms with Crippen molar-refractivity contribution in [3.8, 4) is 0 Å². The molecule has 0 aromatic heterocycles. The van der Waals surface area contributed by atoms with Crippen LogP contribution in [0.25, 0.3) is 0 Å². The smallest absolute Gasteiger partial charge is 1.00 e. The molecule has 0 aliphatic heterocycles. The van der Waals surface area contributed by atoms with Crippen LogP contribution in [0.3, 0.4) is 0 Å². The molecule has 0 atom stereocenters. The third kappa shape index (κ3) is 15.5. The van der Waals surface area contributed by atoms with E-state index in [-0.39, 0.29) is 61.8 Å². The van der Waals surface area contributed by atoms with Gasteiger partial charge in [0.05, 0.1) is 0 Å². The summed E-state index contributed by atoms with van der Waals surface area (Å²) >= 11 is 4.07. The largest absolute Gasteiger partial charge is 2.00 e. The van der Waals surface area contributed by atoms with Crippen LogP contribution in [-0.4, -0.2) is 70.2 Å². The zero-order valence-corrected chi connectivity index (χ0v) is 20.4. The first-order valence-electron chi connectivity index (χ1n) is 7.77. The number of hydrogen-bond acceptors (Lipinski definition) is 0. The predicted molar refractivity (Wildman–Crippen MR) is 103 cm³/mol. The van der Waals surface area contributed by atoms with Crippen molar-refractivity contribution in [2.45, 2.75) is 78.1 Å². The van der Waals surface area contributed by atoms with Gasteiger partial charge < -0.3 is 12.6 Å². The second kappa shape index (κ2) is 16.5. The minimum absolute atomic E-state index is 0. The molecular formula is C14H35BaO2PS2. The van der Waals surface area contributed by atoms with E-state index in [9.17, 15) is 9.79 Å². The van der Waals surface area contributed by atoms with Gasteiger partial charge in [-0.15, -0.1) is 10.1 Å². The van der Waals surface area contributed by atoms with Gasteiger partial charge >= 0.3 is 48.9 Å². The summed E-state index contributed by atoms with van der Waals surface area (Å²) in [5.74, 6) is 1.92. The fraction of sp³-hybridized carbons (Fsp3) is 1.00. The monoisotopic (exact) mass is 468 g/mol. The third-order valence-electron chi connectivity index (χ3n) is 3.31. The quantitative estimate of drug-likeness (QED) is 0.164. The Bertz CT molecular complexity index is 255. The Morgan fingerprint density at radius 3 is 1.45 bits per heavy atom. The van der Waals surface area contributed by atoms with E-state index in [1.165, 1.54) is 51.4 Å². The fourth-order valence-electron chi connectivity index (χ4n) is 2.09. The van der Waals surface area contributed by atoms with Crippen molar-refractivity contribution in [2.75, 3.05) is 11.5 Å². The summed E-state index contributed by atoms with van der Waals surface area (Å²) in [7, 11) is -0.266. The van der Waals surface area contributed by atoms with E-state index < -0.39 is 5.69 Å². The van der Waals surface area contributed by atoms with Crippen LogP contribution in [0.15, 0.2) is 0 Å². The van der Waals surface area contributed by atoms with Gasteiger partial charge in [-0.2, -0.15) is 0 Å². The average molecular weight is 468 g/mol. The van der Waals surface area contributed by atoms with E-state index in [1.807, 2.05) is 0 Å². The molecule has 0 aliphatic rings. The number of thiol groups is 1. The third-order valence-corrected chi connectivity index (χ3v) is 10.8. The predicted octanol–water partition coefficient (Wildman–Crippen LogP) is 4.98. The topological polar surface area (TPSA) is 40.5 Å². The maximum Gasteiger partial charge on any atom is 2.00 e. The Morgan fingerprint density at radius 2 is 1.15 bits per heavy atom. The van der Waals surface area contributed by atoms with Gasteiger partial charge in [-0.3, -0.25) is 0 Å². The molecular weight excluding hydrogens is 433 g/mol. The molecule has 0 radical (unpaired) electrons. The Kier molecular flexibility index (Phi) is 20.5. The molecule has 0 aromatic carbocycles. The summed E-state index contributed by atoms with van der Waals surface area (Å²) in [4.78, 5) is 19.7. The Hall–Kier alpha value is 2.62. The molecule has 122 valence electrons. The van der Waals surface area contributed by atoms with Crippen LogP contribution < -0.4 is 0 Å². The van der Waals surface area contributed by atoms with Gasteiger partial charge in [0, 0.05) is 0 Å². The Labute approximate surface area is 177 Å². The van der Waals surface area contributed by atoms with Crippen LogP contribution in [0.4, 0.5) is 0 Å². The van der Waals surface area contributed by atoms with Gasteiger partial charge in [-0.25, -0.2) is 0 Å². The molecule has 0 rings (SSSR count). The van der Waals surface area contributed by atoms with Crippen molar-refractivity contribution in [1.82, 2.24) is 0 Å². The van der Waals surface area contributed by atoms with Crippen LogP contribution in [0.2, 0.25) is 0 Å². The molecule has 2 nitrogen and oxygen atoms in total. The second-order valence-corrected chi connectivity index (χ2v) is 13.5.